The van der Waals surface area contributed by atoms with Gasteiger partial charge in [0.05, 0.1) is 31.0 Å². The molecule has 4 atom stereocenters. The third-order valence-electron chi connectivity index (χ3n) is 7.88. The molecule has 16 nitrogen and oxygen atoms in total. The summed E-state index contributed by atoms with van der Waals surface area (Å²) < 4.78 is 0. The molecule has 0 spiro atoms. The van der Waals surface area contributed by atoms with Crippen molar-refractivity contribution in [3.8, 4) is 47.4 Å². The first kappa shape index (κ1) is 48.0. The van der Waals surface area contributed by atoms with Gasteiger partial charge in [-0.05, 0) is 114 Å². The number of carbonyl (C=O) groups excluding carboxylic acids is 4. The topological polar surface area (TPSA) is 262 Å². The summed E-state index contributed by atoms with van der Waals surface area (Å²) in [6.07, 6.45) is -1.50. The van der Waals surface area contributed by atoms with E-state index in [9.17, 15) is 19.2 Å². The molecule has 0 aliphatic carbocycles. The van der Waals surface area contributed by atoms with E-state index >= 15 is 0 Å². The zero-order chi connectivity index (χ0) is 42.3. The second-order valence-electron chi connectivity index (χ2n) is 12.9. The van der Waals surface area contributed by atoms with Crippen LogP contribution in [0, 0.1) is 47.4 Å². The first-order valence-corrected chi connectivity index (χ1v) is 16.9. The highest BCUT2D eigenvalue weighted by Crippen LogP contribution is 2.16. The van der Waals surface area contributed by atoms with E-state index in [2.05, 4.69) is 75.0 Å². The van der Waals surface area contributed by atoms with Crippen molar-refractivity contribution in [2.75, 3.05) is 20.3 Å². The van der Waals surface area contributed by atoms with Gasteiger partial charge in [-0.15, -0.1) is 0 Å². The number of hydroxylamine groups is 2. The number of benzene rings is 2. The second-order valence-corrected chi connectivity index (χ2v) is 12.9. The predicted molar refractivity (Wildman–Crippen MR) is 207 cm³/mol. The van der Waals surface area contributed by atoms with E-state index in [1.807, 2.05) is 0 Å². The summed E-state index contributed by atoms with van der Waals surface area (Å²) in [6.45, 7) is 9.32. The number of carbonyl (C=O) groups is 4. The molecule has 2 aromatic carbocycles. The summed E-state index contributed by atoms with van der Waals surface area (Å²) in [7, 11) is 1.64. The molecule has 0 radical (unpaired) electrons. The fraction of sp³-hybridized carbons (Fsp3) is 0.375. The molecule has 11 N–H and O–H groups in total. The lowest BCUT2D eigenvalue weighted by Crippen LogP contribution is -2.62. The fourth-order valence-electron chi connectivity index (χ4n) is 4.10. The van der Waals surface area contributed by atoms with Gasteiger partial charge in [0.2, 0.25) is 0 Å². The van der Waals surface area contributed by atoms with Gasteiger partial charge >= 0.3 is 0 Å². The lowest BCUT2D eigenvalue weighted by atomic mass is 9.93. The van der Waals surface area contributed by atoms with E-state index in [-0.39, 0.29) is 26.1 Å². The van der Waals surface area contributed by atoms with Crippen molar-refractivity contribution in [2.24, 2.45) is 4.99 Å². The second kappa shape index (κ2) is 24.4. The zero-order valence-corrected chi connectivity index (χ0v) is 31.7. The summed E-state index contributed by atoms with van der Waals surface area (Å²) in [5, 5.41) is 61.5. The van der Waals surface area contributed by atoms with Crippen LogP contribution in [0.5, 0.6) is 0 Å². The normalized spacial score (nSPS) is 12.4. The monoisotopic (exact) mass is 772 g/mol. The third kappa shape index (κ3) is 16.5. The molecule has 2 unspecified atom stereocenters. The predicted octanol–water partition coefficient (Wildman–Crippen LogP) is -0.746. The van der Waals surface area contributed by atoms with Gasteiger partial charge in [-0.25, -0.2) is 11.0 Å². The molecule has 0 bridgehead atoms. The Balaban J connectivity index is 0.000000560. The number of aliphatic hydroxyl groups excluding tert-OH is 4. The van der Waals surface area contributed by atoms with Crippen LogP contribution in [0.1, 0.15) is 72.4 Å². The van der Waals surface area contributed by atoms with E-state index in [4.69, 9.17) is 30.8 Å². The number of hydrogen-bond donors (Lipinski definition) is 11. The van der Waals surface area contributed by atoms with Crippen LogP contribution in [0.3, 0.4) is 0 Å². The van der Waals surface area contributed by atoms with E-state index in [0.717, 1.165) is 0 Å². The number of hydrogen-bond acceptors (Lipinski definition) is 12. The van der Waals surface area contributed by atoms with Crippen molar-refractivity contribution >= 4 is 30.3 Å². The van der Waals surface area contributed by atoms with Crippen molar-refractivity contribution in [3.63, 3.8) is 0 Å². The van der Waals surface area contributed by atoms with Gasteiger partial charge in [-0.1, -0.05) is 23.7 Å². The van der Waals surface area contributed by atoms with E-state index in [1.54, 1.807) is 76.6 Å². The van der Waals surface area contributed by atoms with Crippen molar-refractivity contribution in [1.82, 2.24) is 26.9 Å². The van der Waals surface area contributed by atoms with Crippen molar-refractivity contribution in [3.05, 3.63) is 70.8 Å². The summed E-state index contributed by atoms with van der Waals surface area (Å²) in [6, 6.07) is 10.6. The van der Waals surface area contributed by atoms with Crippen molar-refractivity contribution in [2.45, 2.75) is 75.9 Å². The summed E-state index contributed by atoms with van der Waals surface area (Å²) in [4.78, 5) is 52.4. The molecule has 298 valence electrons. The molecule has 0 aromatic heterocycles. The average Bonchev–Trinajstić information content (AvgIpc) is 3.21. The molecular weight excluding hydrogens is 724 g/mol. The molecule has 0 aliphatic heterocycles. The van der Waals surface area contributed by atoms with E-state index < -0.39 is 59.0 Å². The van der Waals surface area contributed by atoms with Gasteiger partial charge in [-0.3, -0.25) is 34.6 Å². The minimum Gasteiger partial charge on any atom is -0.394 e. The van der Waals surface area contributed by atoms with Crippen LogP contribution >= 0.6 is 0 Å². The molecule has 2 aromatic rings. The van der Waals surface area contributed by atoms with E-state index in [0.29, 0.717) is 22.3 Å². The smallest absolute Gasteiger partial charge is 0.268 e. The molecular formula is C40H48N6O10. The SMILES string of the molecule is C=NC(C)(C)[C@H](NC(=O)c1ccc(C#CC#CCC(O)CO)cc1)C(=O)NO.CNC(C)(C)[C@H](NC(=O)c1ccc(C#CC#CCC(O)CO)cc1)C(=O)NO. The Labute approximate surface area is 326 Å². The van der Waals surface area contributed by atoms with Crippen LogP contribution in [0.15, 0.2) is 53.5 Å². The molecule has 0 aliphatic rings. The number of likely N-dealkylation sites (N-methyl/N-ethyl adjacent to an activating group) is 1. The Morgan fingerprint density at radius 3 is 1.39 bits per heavy atom. The molecule has 2 rings (SSSR count). The van der Waals surface area contributed by atoms with Crippen LogP contribution in [0.25, 0.3) is 0 Å². The number of aliphatic imine (C=N–C) groups is 1. The molecule has 16 heteroatoms. The Morgan fingerprint density at radius 1 is 0.679 bits per heavy atom. The van der Waals surface area contributed by atoms with Gasteiger partial charge in [0.15, 0.2) is 0 Å². The lowest BCUT2D eigenvalue weighted by molar-refractivity contribution is -0.133. The maximum Gasteiger partial charge on any atom is 0.268 e. The maximum atomic E-state index is 12.4. The van der Waals surface area contributed by atoms with Gasteiger partial charge in [0.1, 0.15) is 12.1 Å². The van der Waals surface area contributed by atoms with Crippen LogP contribution in [0.2, 0.25) is 0 Å². The quantitative estimate of drug-likeness (QED) is 0.0493. The largest absolute Gasteiger partial charge is 0.394 e. The highest BCUT2D eigenvalue weighted by Gasteiger charge is 2.36. The minimum atomic E-state index is -1.12. The molecule has 56 heavy (non-hydrogen) atoms. The van der Waals surface area contributed by atoms with Crippen LogP contribution in [-0.4, -0.2) is 117 Å². The Hall–Kier alpha value is -6.05. The maximum absolute atomic E-state index is 12.4. The zero-order valence-electron chi connectivity index (χ0n) is 31.7. The third-order valence-corrected chi connectivity index (χ3v) is 7.88. The van der Waals surface area contributed by atoms with Gasteiger partial charge in [-0.2, -0.15) is 0 Å². The van der Waals surface area contributed by atoms with Crippen molar-refractivity contribution in [1.29, 1.82) is 0 Å². The van der Waals surface area contributed by atoms with Crippen LogP contribution < -0.4 is 26.9 Å². The number of rotatable bonds is 14. The standard InChI is InChI=1S/C20H25N3O5.C20H23N3O5/c2*1-20(2,21-3)17(19(27)23-28)22-18(26)15-11-9-14(10-12-15)7-5-4-6-8-16(25)13-24/h9-12,16-17,21,24-25,28H,8,13H2,1-3H3,(H,22,26)(H,23,27);9-12,16-17,24-25,28H,3,8,13H2,1-2H3,(H,22,26)(H,23,27)/t2*16?,17-/m11/s1. The first-order valence-electron chi connectivity index (χ1n) is 16.9. The fourth-order valence-corrected chi connectivity index (χ4v) is 4.10. The summed E-state index contributed by atoms with van der Waals surface area (Å²) in [5.74, 6) is 18.6. The van der Waals surface area contributed by atoms with Gasteiger partial charge < -0.3 is 36.4 Å². The lowest BCUT2D eigenvalue weighted by Gasteiger charge is -2.32. The van der Waals surface area contributed by atoms with E-state index in [1.165, 1.54) is 17.6 Å². The molecule has 0 saturated carbocycles. The highest BCUT2D eigenvalue weighted by molar-refractivity contribution is 5.98. The number of amides is 4. The molecule has 4 amide bonds. The van der Waals surface area contributed by atoms with Gasteiger partial charge in [0.25, 0.3) is 23.6 Å². The number of nitrogens with zero attached hydrogens (tertiary/aromatic N) is 1. The molecule has 0 fully saturated rings. The summed E-state index contributed by atoms with van der Waals surface area (Å²) in [5.41, 5.74) is 3.11. The van der Waals surface area contributed by atoms with Gasteiger partial charge in [0, 0.05) is 40.6 Å². The Morgan fingerprint density at radius 2 is 1.05 bits per heavy atom. The molecule has 0 saturated heterocycles. The van der Waals surface area contributed by atoms with Crippen molar-refractivity contribution < 1.29 is 50.0 Å². The Bertz CT molecular complexity index is 1900. The average molecular weight is 773 g/mol. The summed E-state index contributed by atoms with van der Waals surface area (Å²) >= 11 is 0. The molecule has 0 heterocycles. The first-order chi connectivity index (χ1) is 26.5. The Kier molecular flexibility index (Phi) is 20.9. The highest BCUT2D eigenvalue weighted by atomic mass is 16.5. The number of aliphatic hydroxyl groups is 4. The minimum absolute atomic E-state index is 0.128. The number of nitrogens with one attached hydrogen (secondary N) is 5. The van der Waals surface area contributed by atoms with Crippen LogP contribution in [0.4, 0.5) is 0 Å². The van der Waals surface area contributed by atoms with Crippen LogP contribution in [-0.2, 0) is 9.59 Å².